The van der Waals surface area contributed by atoms with Gasteiger partial charge in [0.15, 0.2) is 5.78 Å². The Kier molecular flexibility index (Phi) is 4.78. The third-order valence-electron chi connectivity index (χ3n) is 4.05. The lowest BCUT2D eigenvalue weighted by atomic mass is 9.75. The number of ether oxygens (including phenoxy) is 1. The lowest BCUT2D eigenvalue weighted by Gasteiger charge is -2.37. The van der Waals surface area contributed by atoms with Crippen molar-refractivity contribution in [3.05, 3.63) is 35.1 Å². The van der Waals surface area contributed by atoms with Gasteiger partial charge in [0, 0.05) is 12.0 Å². The second kappa shape index (κ2) is 6.30. The van der Waals surface area contributed by atoms with Crippen LogP contribution < -0.4 is 5.32 Å². The van der Waals surface area contributed by atoms with Crippen molar-refractivity contribution in [2.75, 3.05) is 0 Å². The fourth-order valence-corrected chi connectivity index (χ4v) is 2.97. The van der Waals surface area contributed by atoms with Crippen molar-refractivity contribution in [3.63, 3.8) is 0 Å². The highest BCUT2D eigenvalue weighted by Crippen LogP contribution is 2.37. The van der Waals surface area contributed by atoms with Gasteiger partial charge in [-0.15, -0.1) is 0 Å². The van der Waals surface area contributed by atoms with Gasteiger partial charge in [-0.3, -0.25) is 4.79 Å². The van der Waals surface area contributed by atoms with E-state index >= 15 is 0 Å². The molecule has 2 rings (SSSR count). The molecule has 0 saturated heterocycles. The monoisotopic (exact) mass is 321 g/mol. The topological polar surface area (TPSA) is 55.4 Å². The first kappa shape index (κ1) is 17.4. The number of aryl methyl sites for hydroxylation is 1. The first-order valence-electron chi connectivity index (χ1n) is 7.96. The summed E-state index contributed by atoms with van der Waals surface area (Å²) in [7, 11) is 0. The summed E-state index contributed by atoms with van der Waals surface area (Å²) in [5.74, 6) is -0.613. The van der Waals surface area contributed by atoms with E-state index in [0.29, 0.717) is 18.4 Å². The van der Waals surface area contributed by atoms with E-state index in [4.69, 9.17) is 4.74 Å². The van der Waals surface area contributed by atoms with Gasteiger partial charge in [-0.25, -0.2) is 9.18 Å². The number of hydrogen-bond acceptors (Lipinski definition) is 3. The molecule has 0 bridgehead atoms. The molecule has 0 radical (unpaired) electrons. The maximum Gasteiger partial charge on any atom is 0.408 e. The second-order valence-electron chi connectivity index (χ2n) is 7.10. The SMILES string of the molecule is Cc1cccc([C@@]2(NC(=O)OC(C)(C)C)CCCCC2=O)c1F. The average molecular weight is 321 g/mol. The van der Waals surface area contributed by atoms with Crippen LogP contribution >= 0.6 is 0 Å². The first-order chi connectivity index (χ1) is 10.7. The van der Waals surface area contributed by atoms with Crippen molar-refractivity contribution in [1.29, 1.82) is 0 Å². The normalized spacial score (nSPS) is 21.9. The van der Waals surface area contributed by atoms with Gasteiger partial charge in [0.05, 0.1) is 0 Å². The zero-order chi connectivity index (χ0) is 17.3. The molecule has 1 amide bonds. The van der Waals surface area contributed by atoms with E-state index in [2.05, 4.69) is 5.32 Å². The molecule has 1 aliphatic rings. The Labute approximate surface area is 136 Å². The molecule has 0 heterocycles. The molecular weight excluding hydrogens is 297 g/mol. The summed E-state index contributed by atoms with van der Waals surface area (Å²) in [6, 6.07) is 4.92. The van der Waals surface area contributed by atoms with Crippen molar-refractivity contribution in [1.82, 2.24) is 5.32 Å². The summed E-state index contributed by atoms with van der Waals surface area (Å²) in [5.41, 5.74) is -1.34. The van der Waals surface area contributed by atoms with Crippen molar-refractivity contribution in [3.8, 4) is 0 Å². The third-order valence-corrected chi connectivity index (χ3v) is 4.05. The standard InChI is InChI=1S/C18H24FNO3/c1-12-8-7-9-13(15(12)19)18(11-6-5-10-14(18)21)20-16(22)23-17(2,3)4/h7-9H,5-6,10-11H2,1-4H3,(H,20,22)/t18-/m0/s1. The first-order valence-corrected chi connectivity index (χ1v) is 7.96. The van der Waals surface area contributed by atoms with E-state index in [1.54, 1.807) is 45.9 Å². The fourth-order valence-electron chi connectivity index (χ4n) is 2.97. The Hall–Kier alpha value is -1.91. The van der Waals surface area contributed by atoms with E-state index < -0.39 is 23.1 Å². The molecule has 5 heteroatoms. The van der Waals surface area contributed by atoms with Crippen LogP contribution in [-0.2, 0) is 15.1 Å². The minimum atomic E-state index is -1.34. The van der Waals surface area contributed by atoms with Crippen molar-refractivity contribution >= 4 is 11.9 Å². The number of carbonyl (C=O) groups excluding carboxylic acids is 2. The molecule has 1 aliphatic carbocycles. The predicted octanol–water partition coefficient (Wildman–Crippen LogP) is 4.00. The maximum atomic E-state index is 14.6. The lowest BCUT2D eigenvalue weighted by Crippen LogP contribution is -2.54. The van der Waals surface area contributed by atoms with Crippen LogP contribution in [0.2, 0.25) is 0 Å². The average Bonchev–Trinajstić information content (AvgIpc) is 2.42. The molecule has 1 atom stereocenters. The smallest absolute Gasteiger partial charge is 0.408 e. The van der Waals surface area contributed by atoms with Gasteiger partial charge < -0.3 is 10.1 Å². The molecule has 4 nitrogen and oxygen atoms in total. The highest BCUT2D eigenvalue weighted by Gasteiger charge is 2.45. The summed E-state index contributed by atoms with van der Waals surface area (Å²) in [5, 5.41) is 2.67. The van der Waals surface area contributed by atoms with Gasteiger partial charge in [-0.1, -0.05) is 18.2 Å². The molecule has 0 aromatic heterocycles. The van der Waals surface area contributed by atoms with Crippen LogP contribution in [0.15, 0.2) is 18.2 Å². The number of carbonyl (C=O) groups is 2. The Morgan fingerprint density at radius 1 is 1.30 bits per heavy atom. The number of ketones is 1. The molecule has 23 heavy (non-hydrogen) atoms. The van der Waals surface area contributed by atoms with Gasteiger partial charge in [0.1, 0.15) is 17.0 Å². The number of halogens is 1. The van der Waals surface area contributed by atoms with Gasteiger partial charge in [-0.2, -0.15) is 0 Å². The third kappa shape index (κ3) is 3.71. The van der Waals surface area contributed by atoms with Crippen LogP contribution in [0.3, 0.4) is 0 Å². The molecule has 1 aromatic carbocycles. The van der Waals surface area contributed by atoms with Crippen molar-refractivity contribution in [2.24, 2.45) is 0 Å². The Morgan fingerprint density at radius 2 is 2.00 bits per heavy atom. The predicted molar refractivity (Wildman–Crippen MR) is 85.7 cm³/mol. The number of Topliss-reactive ketones (excluding diaryl/α,β-unsaturated/α-hetero) is 1. The van der Waals surface area contributed by atoms with E-state index in [0.717, 1.165) is 12.8 Å². The van der Waals surface area contributed by atoms with Crippen LogP contribution in [0, 0.1) is 12.7 Å². The fraction of sp³-hybridized carbons (Fsp3) is 0.556. The summed E-state index contributed by atoms with van der Waals surface area (Å²) >= 11 is 0. The Balaban J connectivity index is 2.43. The largest absolute Gasteiger partial charge is 0.444 e. The molecule has 0 aliphatic heterocycles. The van der Waals surface area contributed by atoms with E-state index in [1.165, 1.54) is 0 Å². The number of rotatable bonds is 2. The Morgan fingerprint density at radius 3 is 2.61 bits per heavy atom. The van der Waals surface area contributed by atoms with Crippen LogP contribution in [0.25, 0.3) is 0 Å². The van der Waals surface area contributed by atoms with Crippen molar-refractivity contribution < 1.29 is 18.7 Å². The molecular formula is C18H24FNO3. The Bertz CT molecular complexity index is 621. The van der Waals surface area contributed by atoms with Gasteiger partial charge in [-0.05, 0) is 52.5 Å². The summed E-state index contributed by atoms with van der Waals surface area (Å²) in [4.78, 5) is 24.9. The second-order valence-corrected chi connectivity index (χ2v) is 7.10. The lowest BCUT2D eigenvalue weighted by molar-refractivity contribution is -0.128. The molecule has 0 spiro atoms. The quantitative estimate of drug-likeness (QED) is 0.896. The highest BCUT2D eigenvalue weighted by atomic mass is 19.1. The summed E-state index contributed by atoms with van der Waals surface area (Å²) in [6.45, 7) is 6.88. The van der Waals surface area contributed by atoms with E-state index in [9.17, 15) is 14.0 Å². The number of hydrogen-bond donors (Lipinski definition) is 1. The van der Waals surface area contributed by atoms with E-state index in [1.807, 2.05) is 0 Å². The molecule has 1 fully saturated rings. The molecule has 1 N–H and O–H groups in total. The molecule has 0 unspecified atom stereocenters. The van der Waals surface area contributed by atoms with Crippen LogP contribution in [0.5, 0.6) is 0 Å². The van der Waals surface area contributed by atoms with Crippen LogP contribution in [0.4, 0.5) is 9.18 Å². The van der Waals surface area contributed by atoms with E-state index in [-0.39, 0.29) is 11.3 Å². The van der Waals surface area contributed by atoms with Gasteiger partial charge in [0.2, 0.25) is 0 Å². The van der Waals surface area contributed by atoms with Crippen LogP contribution in [0.1, 0.15) is 57.6 Å². The number of amides is 1. The molecule has 1 saturated carbocycles. The number of alkyl carbamates (subject to hydrolysis) is 1. The molecule has 126 valence electrons. The number of nitrogens with one attached hydrogen (secondary N) is 1. The zero-order valence-corrected chi connectivity index (χ0v) is 14.2. The summed E-state index contributed by atoms with van der Waals surface area (Å²) in [6.07, 6.45) is 1.50. The minimum Gasteiger partial charge on any atom is -0.444 e. The van der Waals surface area contributed by atoms with Crippen LogP contribution in [-0.4, -0.2) is 17.5 Å². The number of benzene rings is 1. The summed E-state index contributed by atoms with van der Waals surface area (Å²) < 4.78 is 19.9. The molecule has 1 aromatic rings. The van der Waals surface area contributed by atoms with Gasteiger partial charge >= 0.3 is 6.09 Å². The van der Waals surface area contributed by atoms with Gasteiger partial charge in [0.25, 0.3) is 0 Å². The highest BCUT2D eigenvalue weighted by molar-refractivity contribution is 5.93. The van der Waals surface area contributed by atoms with Crippen molar-refractivity contribution in [2.45, 2.75) is 64.5 Å². The minimum absolute atomic E-state index is 0.167. The zero-order valence-electron chi connectivity index (χ0n) is 14.2. The maximum absolute atomic E-state index is 14.6.